The van der Waals surface area contributed by atoms with Gasteiger partial charge in [-0.2, -0.15) is 0 Å². The highest BCUT2D eigenvalue weighted by atomic mass is 16.3. The Morgan fingerprint density at radius 1 is 1.10 bits per heavy atom. The van der Waals surface area contributed by atoms with E-state index in [9.17, 15) is 0 Å². The molecule has 2 aromatic rings. The number of nitrogens with one attached hydrogen (secondary N) is 1. The third kappa shape index (κ3) is 3.41. The molecule has 0 aliphatic rings. The van der Waals surface area contributed by atoms with Gasteiger partial charge in [0.05, 0.1) is 6.54 Å². The Kier molecular flexibility index (Phi) is 5.62. The van der Waals surface area contributed by atoms with Crippen LogP contribution in [-0.2, 0) is 13.1 Å². The summed E-state index contributed by atoms with van der Waals surface area (Å²) in [4.78, 5) is 2.52. The van der Waals surface area contributed by atoms with Crippen molar-refractivity contribution in [3.8, 4) is 0 Å². The van der Waals surface area contributed by atoms with Crippen molar-refractivity contribution in [3.63, 3.8) is 0 Å². The minimum atomic E-state index is 0.788. The van der Waals surface area contributed by atoms with Gasteiger partial charge >= 0.3 is 0 Å². The van der Waals surface area contributed by atoms with Crippen molar-refractivity contribution in [2.24, 2.45) is 0 Å². The van der Waals surface area contributed by atoms with Crippen molar-refractivity contribution in [2.75, 3.05) is 20.1 Å². The van der Waals surface area contributed by atoms with Gasteiger partial charge in [0, 0.05) is 17.5 Å². The number of fused-ring (bicyclic) bond motifs is 1. The summed E-state index contributed by atoms with van der Waals surface area (Å²) >= 11 is 0. The predicted molar refractivity (Wildman–Crippen MR) is 84.8 cm³/mol. The van der Waals surface area contributed by atoms with Crippen LogP contribution in [0.25, 0.3) is 11.0 Å². The van der Waals surface area contributed by atoms with Crippen LogP contribution < -0.4 is 5.32 Å². The average Bonchev–Trinajstić information content (AvgIpc) is 2.78. The Hall–Kier alpha value is -1.32. The molecule has 0 fully saturated rings. The quantitative estimate of drug-likeness (QED) is 0.794. The van der Waals surface area contributed by atoms with Crippen molar-refractivity contribution in [2.45, 2.75) is 39.8 Å². The summed E-state index contributed by atoms with van der Waals surface area (Å²) in [6.07, 6.45) is 2.38. The average molecular weight is 274 g/mol. The van der Waals surface area contributed by atoms with Crippen molar-refractivity contribution in [1.29, 1.82) is 0 Å². The topological polar surface area (TPSA) is 28.4 Å². The molecular formula is C17H26N2O. The third-order valence-corrected chi connectivity index (χ3v) is 3.58. The van der Waals surface area contributed by atoms with Crippen molar-refractivity contribution >= 4 is 11.0 Å². The number of rotatable bonds is 8. The van der Waals surface area contributed by atoms with Gasteiger partial charge in [-0.05, 0) is 39.0 Å². The number of hydrogen-bond donors (Lipinski definition) is 1. The Morgan fingerprint density at radius 3 is 2.45 bits per heavy atom. The summed E-state index contributed by atoms with van der Waals surface area (Å²) < 4.78 is 6.01. The number of hydrogen-bond acceptors (Lipinski definition) is 3. The van der Waals surface area contributed by atoms with Gasteiger partial charge in [-0.25, -0.2) is 0 Å². The molecule has 0 unspecified atom stereocenters. The van der Waals surface area contributed by atoms with Gasteiger partial charge in [-0.3, -0.25) is 4.90 Å². The van der Waals surface area contributed by atoms with E-state index in [0.717, 1.165) is 37.5 Å². The van der Waals surface area contributed by atoms with Gasteiger partial charge in [0.25, 0.3) is 0 Å². The molecule has 0 aliphatic carbocycles. The van der Waals surface area contributed by atoms with Gasteiger partial charge in [0.1, 0.15) is 11.3 Å². The van der Waals surface area contributed by atoms with Crippen LogP contribution in [0, 0.1) is 0 Å². The molecule has 1 heterocycles. The summed E-state index contributed by atoms with van der Waals surface area (Å²) in [5.74, 6) is 1.07. The van der Waals surface area contributed by atoms with E-state index in [1.807, 2.05) is 13.1 Å². The summed E-state index contributed by atoms with van der Waals surface area (Å²) in [6, 6.07) is 8.36. The van der Waals surface area contributed by atoms with Crippen LogP contribution in [0.2, 0.25) is 0 Å². The van der Waals surface area contributed by atoms with Gasteiger partial charge in [-0.15, -0.1) is 0 Å². The Labute approximate surface area is 122 Å². The van der Waals surface area contributed by atoms with Crippen LogP contribution in [0.5, 0.6) is 0 Å². The normalized spacial score (nSPS) is 11.6. The Bertz CT molecular complexity index is 527. The summed E-state index contributed by atoms with van der Waals surface area (Å²) in [5, 5.41) is 4.47. The maximum atomic E-state index is 6.01. The van der Waals surface area contributed by atoms with E-state index in [1.165, 1.54) is 23.8 Å². The highest BCUT2D eigenvalue weighted by Crippen LogP contribution is 2.27. The van der Waals surface area contributed by atoms with Crippen LogP contribution in [0.15, 0.2) is 28.7 Å². The molecule has 1 aromatic carbocycles. The molecule has 0 saturated heterocycles. The Morgan fingerprint density at radius 2 is 1.80 bits per heavy atom. The van der Waals surface area contributed by atoms with Gasteiger partial charge < -0.3 is 9.73 Å². The van der Waals surface area contributed by atoms with Crippen LogP contribution in [0.4, 0.5) is 0 Å². The fourth-order valence-electron chi connectivity index (χ4n) is 2.75. The molecule has 0 amide bonds. The lowest BCUT2D eigenvalue weighted by Crippen LogP contribution is -2.25. The molecule has 110 valence electrons. The van der Waals surface area contributed by atoms with E-state index in [1.54, 1.807) is 0 Å². The first-order valence-electron chi connectivity index (χ1n) is 7.66. The lowest BCUT2D eigenvalue weighted by atomic mass is 10.1. The SMILES string of the molecule is CCCN(CCC)Cc1c(CNC)oc2ccccc12. The van der Waals surface area contributed by atoms with E-state index in [-0.39, 0.29) is 0 Å². The monoisotopic (exact) mass is 274 g/mol. The highest BCUT2D eigenvalue weighted by molar-refractivity contribution is 5.82. The smallest absolute Gasteiger partial charge is 0.134 e. The standard InChI is InChI=1S/C17H26N2O/c1-4-10-19(11-5-2)13-15-14-8-6-7-9-16(14)20-17(15)12-18-3/h6-9,18H,4-5,10-13H2,1-3H3. The molecule has 1 N–H and O–H groups in total. The van der Waals surface area contributed by atoms with Gasteiger partial charge in [-0.1, -0.05) is 32.0 Å². The minimum Gasteiger partial charge on any atom is -0.459 e. The first-order valence-corrected chi connectivity index (χ1v) is 7.66. The zero-order valence-corrected chi connectivity index (χ0v) is 12.9. The fraction of sp³-hybridized carbons (Fsp3) is 0.529. The fourth-order valence-corrected chi connectivity index (χ4v) is 2.75. The second-order valence-electron chi connectivity index (χ2n) is 5.31. The van der Waals surface area contributed by atoms with E-state index in [2.05, 4.69) is 42.3 Å². The first-order chi connectivity index (χ1) is 9.80. The molecule has 0 bridgehead atoms. The molecule has 3 heteroatoms. The molecule has 20 heavy (non-hydrogen) atoms. The molecule has 1 aromatic heterocycles. The summed E-state index contributed by atoms with van der Waals surface area (Å²) in [6.45, 7) is 8.54. The molecule has 0 atom stereocenters. The molecule has 3 nitrogen and oxygen atoms in total. The number of nitrogens with zero attached hydrogens (tertiary/aromatic N) is 1. The first kappa shape index (κ1) is 15.1. The van der Waals surface area contributed by atoms with Crippen molar-refractivity contribution < 1.29 is 4.42 Å². The molecular weight excluding hydrogens is 248 g/mol. The predicted octanol–water partition coefficient (Wildman–Crippen LogP) is 3.77. The minimum absolute atomic E-state index is 0.788. The lowest BCUT2D eigenvalue weighted by molar-refractivity contribution is 0.265. The second kappa shape index (κ2) is 7.46. The van der Waals surface area contributed by atoms with Crippen molar-refractivity contribution in [3.05, 3.63) is 35.6 Å². The zero-order valence-electron chi connectivity index (χ0n) is 12.9. The number of benzene rings is 1. The van der Waals surface area contributed by atoms with Crippen LogP contribution in [-0.4, -0.2) is 25.0 Å². The molecule has 0 aliphatic heterocycles. The van der Waals surface area contributed by atoms with E-state index in [4.69, 9.17) is 4.42 Å². The lowest BCUT2D eigenvalue weighted by Gasteiger charge is -2.21. The van der Waals surface area contributed by atoms with E-state index in [0.29, 0.717) is 0 Å². The Balaban J connectivity index is 2.31. The molecule has 0 spiro atoms. The number of furan rings is 1. The molecule has 2 rings (SSSR count). The largest absolute Gasteiger partial charge is 0.459 e. The maximum Gasteiger partial charge on any atom is 0.134 e. The highest BCUT2D eigenvalue weighted by Gasteiger charge is 2.15. The van der Waals surface area contributed by atoms with E-state index < -0.39 is 0 Å². The zero-order chi connectivity index (χ0) is 14.4. The number of para-hydroxylation sites is 1. The van der Waals surface area contributed by atoms with Crippen LogP contribution in [0.1, 0.15) is 38.0 Å². The van der Waals surface area contributed by atoms with E-state index >= 15 is 0 Å². The molecule has 0 saturated carbocycles. The van der Waals surface area contributed by atoms with Crippen molar-refractivity contribution in [1.82, 2.24) is 10.2 Å². The van der Waals surface area contributed by atoms with Gasteiger partial charge in [0.2, 0.25) is 0 Å². The summed E-state index contributed by atoms with van der Waals surface area (Å²) in [7, 11) is 1.97. The molecule has 0 radical (unpaired) electrons. The van der Waals surface area contributed by atoms with Crippen LogP contribution >= 0.6 is 0 Å². The maximum absolute atomic E-state index is 6.01. The third-order valence-electron chi connectivity index (χ3n) is 3.58. The summed E-state index contributed by atoms with van der Waals surface area (Å²) in [5.41, 5.74) is 2.34. The second-order valence-corrected chi connectivity index (χ2v) is 5.31. The van der Waals surface area contributed by atoms with Gasteiger partial charge in [0.15, 0.2) is 0 Å². The van der Waals surface area contributed by atoms with Crippen LogP contribution in [0.3, 0.4) is 0 Å².